The maximum absolute atomic E-state index is 11.6. The molecule has 0 saturated heterocycles. The van der Waals surface area contributed by atoms with Gasteiger partial charge < -0.3 is 16.0 Å². The van der Waals surface area contributed by atoms with Gasteiger partial charge in [-0.3, -0.25) is 9.59 Å². The van der Waals surface area contributed by atoms with Gasteiger partial charge in [0.1, 0.15) is 11.6 Å². The highest BCUT2D eigenvalue weighted by atomic mass is 16.1. The van der Waals surface area contributed by atoms with E-state index >= 15 is 0 Å². The van der Waals surface area contributed by atoms with Gasteiger partial charge in [0.2, 0.25) is 6.41 Å². The third-order valence-electron chi connectivity index (χ3n) is 2.33. The molecule has 0 radical (unpaired) electrons. The third kappa shape index (κ3) is 7.28. The van der Waals surface area contributed by atoms with Gasteiger partial charge in [-0.1, -0.05) is 6.92 Å². The largest absolute Gasteiger partial charge is 0.390 e. The molecule has 18 heavy (non-hydrogen) atoms. The maximum Gasteiger partial charge on any atom is 0.263 e. The van der Waals surface area contributed by atoms with Crippen LogP contribution in [0.15, 0.2) is 11.8 Å². The molecular weight excluding hydrogens is 232 g/mol. The lowest BCUT2D eigenvalue weighted by molar-refractivity contribution is -0.117. The number of amides is 2. The number of nitrogens with zero attached hydrogens (tertiary/aromatic N) is 1. The molecule has 0 heterocycles. The minimum Gasteiger partial charge on any atom is -0.390 e. The molecule has 0 spiro atoms. The first-order valence-corrected chi connectivity index (χ1v) is 5.97. The van der Waals surface area contributed by atoms with Crippen LogP contribution in [-0.2, 0) is 9.59 Å². The summed E-state index contributed by atoms with van der Waals surface area (Å²) >= 11 is 0. The molecule has 0 aliphatic rings. The Morgan fingerprint density at radius 1 is 1.39 bits per heavy atom. The molecule has 0 aromatic heterocycles. The average molecular weight is 252 g/mol. The normalized spacial score (nSPS) is 12.2. The van der Waals surface area contributed by atoms with E-state index in [1.807, 2.05) is 19.9 Å². The zero-order valence-electron chi connectivity index (χ0n) is 10.8. The van der Waals surface area contributed by atoms with Gasteiger partial charge in [0.25, 0.3) is 5.91 Å². The van der Waals surface area contributed by atoms with Crippen molar-refractivity contribution >= 4 is 12.3 Å². The second kappa shape index (κ2) is 10.1. The number of hydrogen-bond donors (Lipinski definition) is 3. The Morgan fingerprint density at radius 3 is 2.61 bits per heavy atom. The highest BCUT2D eigenvalue weighted by Crippen LogP contribution is 1.94. The van der Waals surface area contributed by atoms with Crippen LogP contribution in [0.2, 0.25) is 0 Å². The number of nitriles is 1. The number of hydrogen-bond acceptors (Lipinski definition) is 4. The molecule has 1 atom stereocenters. The quantitative estimate of drug-likeness (QED) is 0.234. The fourth-order valence-electron chi connectivity index (χ4n) is 1.08. The van der Waals surface area contributed by atoms with Gasteiger partial charge in [0, 0.05) is 25.3 Å². The molecule has 1 unspecified atom stereocenters. The molecule has 0 aliphatic carbocycles. The van der Waals surface area contributed by atoms with Crippen LogP contribution in [0.3, 0.4) is 0 Å². The fourth-order valence-corrected chi connectivity index (χ4v) is 1.08. The van der Waals surface area contributed by atoms with E-state index in [-0.39, 0.29) is 17.5 Å². The van der Waals surface area contributed by atoms with E-state index in [0.29, 0.717) is 19.5 Å². The highest BCUT2D eigenvalue weighted by Gasteiger charge is 2.10. The van der Waals surface area contributed by atoms with Crippen LogP contribution in [0.4, 0.5) is 0 Å². The molecule has 6 nitrogen and oxygen atoms in total. The molecular formula is C12H20N4O2. The van der Waals surface area contributed by atoms with Crippen molar-refractivity contribution in [3.05, 3.63) is 11.8 Å². The summed E-state index contributed by atoms with van der Waals surface area (Å²) in [5, 5.41) is 16.9. The van der Waals surface area contributed by atoms with Crippen LogP contribution in [0.1, 0.15) is 26.7 Å². The summed E-state index contributed by atoms with van der Waals surface area (Å²) in [7, 11) is 0. The topological polar surface area (TPSA) is 94.0 Å². The summed E-state index contributed by atoms with van der Waals surface area (Å²) in [5.41, 5.74) is 0.0543. The molecule has 0 aromatic carbocycles. The lowest BCUT2D eigenvalue weighted by Crippen LogP contribution is -2.33. The van der Waals surface area contributed by atoms with Gasteiger partial charge in [-0.05, 0) is 19.8 Å². The molecule has 0 rings (SSSR count). The Morgan fingerprint density at radius 2 is 2.06 bits per heavy atom. The molecule has 0 aromatic rings. The van der Waals surface area contributed by atoms with E-state index in [1.165, 1.54) is 6.20 Å². The van der Waals surface area contributed by atoms with Crippen LogP contribution in [-0.4, -0.2) is 31.4 Å². The third-order valence-corrected chi connectivity index (χ3v) is 2.33. The predicted octanol–water partition coefficient (Wildman–Crippen LogP) is 0.0343. The first-order valence-electron chi connectivity index (χ1n) is 5.97. The molecule has 2 amide bonds. The molecule has 0 bridgehead atoms. The van der Waals surface area contributed by atoms with Gasteiger partial charge in [-0.15, -0.1) is 0 Å². The van der Waals surface area contributed by atoms with Gasteiger partial charge in [0.05, 0.1) is 0 Å². The number of rotatable bonds is 9. The van der Waals surface area contributed by atoms with Crippen LogP contribution < -0.4 is 16.0 Å². The van der Waals surface area contributed by atoms with E-state index in [1.54, 1.807) is 0 Å². The van der Waals surface area contributed by atoms with Crippen molar-refractivity contribution in [3.8, 4) is 6.07 Å². The number of nitrogens with one attached hydrogen (secondary N) is 3. The number of carbonyl (C=O) groups excluding carboxylic acids is 2. The number of carbonyl (C=O) groups is 2. The molecule has 3 N–H and O–H groups in total. The molecule has 100 valence electrons. The van der Waals surface area contributed by atoms with E-state index < -0.39 is 0 Å². The van der Waals surface area contributed by atoms with Gasteiger partial charge in [0.15, 0.2) is 0 Å². The lowest BCUT2D eigenvalue weighted by Gasteiger charge is -2.10. The lowest BCUT2D eigenvalue weighted by atomic mass is 10.2. The van der Waals surface area contributed by atoms with E-state index in [4.69, 9.17) is 5.26 Å². The molecule has 6 heteroatoms. The van der Waals surface area contributed by atoms with Gasteiger partial charge in [-0.2, -0.15) is 5.26 Å². The molecule has 0 aliphatic heterocycles. The zero-order valence-corrected chi connectivity index (χ0v) is 10.8. The van der Waals surface area contributed by atoms with E-state index in [9.17, 15) is 9.59 Å². The van der Waals surface area contributed by atoms with Gasteiger partial charge >= 0.3 is 0 Å². The summed E-state index contributed by atoms with van der Waals surface area (Å²) in [4.78, 5) is 21.6. The average Bonchev–Trinajstić information content (AvgIpc) is 2.37. The van der Waals surface area contributed by atoms with Crippen molar-refractivity contribution in [3.63, 3.8) is 0 Å². The summed E-state index contributed by atoms with van der Waals surface area (Å²) in [6.07, 6.45) is 3.57. The van der Waals surface area contributed by atoms with Crippen molar-refractivity contribution in [2.75, 3.05) is 13.1 Å². The Kier molecular flexibility index (Phi) is 9.00. The van der Waals surface area contributed by atoms with Crippen molar-refractivity contribution in [2.24, 2.45) is 0 Å². The minimum absolute atomic E-state index is 0.0473. The van der Waals surface area contributed by atoms with Gasteiger partial charge in [-0.25, -0.2) is 0 Å². The Hall–Kier alpha value is -2.03. The van der Waals surface area contributed by atoms with Crippen molar-refractivity contribution in [1.29, 1.82) is 5.26 Å². The SMILES string of the molecule is CCC(C)NC(=O)/C(C#N)=C\NCCCNC=O. The van der Waals surface area contributed by atoms with E-state index in [0.717, 1.165) is 12.8 Å². The van der Waals surface area contributed by atoms with E-state index in [2.05, 4.69) is 16.0 Å². The van der Waals surface area contributed by atoms with Crippen molar-refractivity contribution < 1.29 is 9.59 Å². The smallest absolute Gasteiger partial charge is 0.263 e. The fraction of sp³-hybridized carbons (Fsp3) is 0.583. The minimum atomic E-state index is -0.370. The van der Waals surface area contributed by atoms with Crippen LogP contribution >= 0.6 is 0 Å². The van der Waals surface area contributed by atoms with Crippen molar-refractivity contribution in [2.45, 2.75) is 32.7 Å². The second-order valence-electron chi connectivity index (χ2n) is 3.83. The van der Waals surface area contributed by atoms with Crippen LogP contribution in [0, 0.1) is 11.3 Å². The predicted molar refractivity (Wildman–Crippen MR) is 68.3 cm³/mol. The summed E-state index contributed by atoms with van der Waals surface area (Å²) in [6, 6.07) is 1.90. The Bertz CT molecular complexity index is 333. The highest BCUT2D eigenvalue weighted by molar-refractivity contribution is 5.97. The van der Waals surface area contributed by atoms with Crippen molar-refractivity contribution in [1.82, 2.24) is 16.0 Å². The monoisotopic (exact) mass is 252 g/mol. The molecule has 0 saturated carbocycles. The van der Waals surface area contributed by atoms with Crippen LogP contribution in [0.5, 0.6) is 0 Å². The summed E-state index contributed by atoms with van der Waals surface area (Å²) < 4.78 is 0. The molecule has 0 fully saturated rings. The first kappa shape index (κ1) is 16.0. The maximum atomic E-state index is 11.6. The standard InChI is InChI=1S/C12H20N4O2/c1-3-10(2)16-12(18)11(7-13)8-14-5-4-6-15-9-17/h8-10,14H,3-6H2,1-2H3,(H,15,17)(H,16,18)/b11-8-. The summed E-state index contributed by atoms with van der Waals surface area (Å²) in [5.74, 6) is -0.370. The Balaban J connectivity index is 4.04. The summed E-state index contributed by atoms with van der Waals surface area (Å²) in [6.45, 7) is 4.98. The second-order valence-corrected chi connectivity index (χ2v) is 3.83. The zero-order chi connectivity index (χ0) is 13.8. The Labute approximate surface area is 107 Å². The first-order chi connectivity index (χ1) is 8.65. The van der Waals surface area contributed by atoms with Crippen LogP contribution in [0.25, 0.3) is 0 Å².